The van der Waals surface area contributed by atoms with Crippen LogP contribution in [-0.4, -0.2) is 16.9 Å². The number of nitrogens with zero attached hydrogens (tertiary/aromatic N) is 2. The molecule has 0 aromatic rings. The SMILES string of the molecule is C[SH](C)C(S)=NNC#N. The van der Waals surface area contributed by atoms with E-state index < -0.39 is 0 Å². The average Bonchev–Trinajstić information content (AvgIpc) is 1.82. The third kappa shape index (κ3) is 4.18. The van der Waals surface area contributed by atoms with Crippen LogP contribution in [0.1, 0.15) is 0 Å². The summed E-state index contributed by atoms with van der Waals surface area (Å²) in [4.78, 5) is 0. The molecule has 5 heteroatoms. The number of hydrogen-bond donors (Lipinski definition) is 3. The van der Waals surface area contributed by atoms with Gasteiger partial charge in [-0.25, -0.2) is 16.3 Å². The largest absolute Gasteiger partial charge is 0.212 e. The second kappa shape index (κ2) is 4.53. The molecule has 0 aliphatic heterocycles. The number of nitriles is 1. The molecule has 3 nitrogen and oxygen atoms in total. The summed E-state index contributed by atoms with van der Waals surface area (Å²) in [6.07, 6.45) is 5.71. The van der Waals surface area contributed by atoms with Gasteiger partial charge in [0.05, 0.1) is 0 Å². The van der Waals surface area contributed by atoms with Crippen LogP contribution in [0.5, 0.6) is 0 Å². The van der Waals surface area contributed by atoms with Crippen LogP contribution in [0.25, 0.3) is 0 Å². The lowest BCUT2D eigenvalue weighted by molar-refractivity contribution is 0.994. The van der Waals surface area contributed by atoms with Crippen LogP contribution < -0.4 is 5.43 Å². The molecule has 0 unspecified atom stereocenters. The van der Waals surface area contributed by atoms with Crippen molar-refractivity contribution in [3.8, 4) is 6.19 Å². The molecule has 0 saturated carbocycles. The number of thiol groups is 2. The second-order valence-electron chi connectivity index (χ2n) is 1.53. The van der Waals surface area contributed by atoms with Gasteiger partial charge in [0.2, 0.25) is 0 Å². The van der Waals surface area contributed by atoms with Crippen molar-refractivity contribution in [2.45, 2.75) is 0 Å². The molecule has 0 aliphatic carbocycles. The van der Waals surface area contributed by atoms with E-state index in [-0.39, 0.29) is 10.9 Å². The molecule has 0 rings (SSSR count). The topological polar surface area (TPSA) is 48.2 Å². The minimum Gasteiger partial charge on any atom is -0.212 e. The van der Waals surface area contributed by atoms with Crippen molar-refractivity contribution < 1.29 is 0 Å². The summed E-state index contributed by atoms with van der Waals surface area (Å²) < 4.78 is 0.701. The van der Waals surface area contributed by atoms with Crippen molar-refractivity contribution in [3.05, 3.63) is 0 Å². The number of rotatable bonds is 1. The van der Waals surface area contributed by atoms with Crippen molar-refractivity contribution in [3.63, 3.8) is 0 Å². The fraction of sp³-hybridized carbons (Fsp3) is 0.500. The summed E-state index contributed by atoms with van der Waals surface area (Å²) in [7, 11) is -0.273. The summed E-state index contributed by atoms with van der Waals surface area (Å²) in [5.41, 5.74) is 2.16. The first-order valence-electron chi connectivity index (χ1n) is 2.26. The van der Waals surface area contributed by atoms with Crippen molar-refractivity contribution in [1.29, 1.82) is 5.26 Å². The van der Waals surface area contributed by atoms with Crippen LogP contribution in [0.2, 0.25) is 0 Å². The van der Waals surface area contributed by atoms with Gasteiger partial charge >= 0.3 is 0 Å². The first-order chi connectivity index (χ1) is 4.18. The zero-order chi connectivity index (χ0) is 7.28. The highest BCUT2D eigenvalue weighted by Crippen LogP contribution is 2.17. The van der Waals surface area contributed by atoms with Crippen LogP contribution in [0.3, 0.4) is 0 Å². The standard InChI is InChI=1S/C4H9N3S2/c1-9(2)4(8)7-6-3-5/h6,9H,1-2H3,(H,7,8). The lowest BCUT2D eigenvalue weighted by atomic mass is 11.4. The highest BCUT2D eigenvalue weighted by molar-refractivity contribution is 8.42. The van der Waals surface area contributed by atoms with Gasteiger partial charge in [-0.3, -0.25) is 0 Å². The molecule has 0 heterocycles. The molecular formula is C4H9N3S2. The highest BCUT2D eigenvalue weighted by atomic mass is 32.2. The predicted octanol–water partition coefficient (Wildman–Crippen LogP) is 0.519. The predicted molar refractivity (Wildman–Crippen MR) is 46.0 cm³/mol. The molecule has 9 heavy (non-hydrogen) atoms. The average molecular weight is 163 g/mol. The fourth-order valence-electron chi connectivity index (χ4n) is 0.175. The molecule has 1 N–H and O–H groups in total. The monoisotopic (exact) mass is 163 g/mol. The summed E-state index contributed by atoms with van der Waals surface area (Å²) in [6.45, 7) is 0. The first-order valence-corrected chi connectivity index (χ1v) is 4.95. The number of hydrazone groups is 1. The van der Waals surface area contributed by atoms with Gasteiger partial charge in [0.25, 0.3) is 0 Å². The molecule has 0 bridgehead atoms. The van der Waals surface area contributed by atoms with Crippen LogP contribution in [0.15, 0.2) is 5.10 Å². The van der Waals surface area contributed by atoms with E-state index in [1.807, 2.05) is 12.5 Å². The van der Waals surface area contributed by atoms with Gasteiger partial charge in [-0.05, 0) is 12.5 Å². The quantitative estimate of drug-likeness (QED) is 0.132. The highest BCUT2D eigenvalue weighted by Gasteiger charge is 1.91. The maximum atomic E-state index is 8.00. The van der Waals surface area contributed by atoms with E-state index >= 15 is 0 Å². The van der Waals surface area contributed by atoms with Crippen molar-refractivity contribution in [2.75, 3.05) is 12.5 Å². The minimum atomic E-state index is -0.273. The van der Waals surface area contributed by atoms with Crippen LogP contribution in [0.4, 0.5) is 0 Å². The Bertz CT molecular complexity index is 146. The Morgan fingerprint density at radius 2 is 2.33 bits per heavy atom. The lowest BCUT2D eigenvalue weighted by Gasteiger charge is -2.04. The first kappa shape index (κ1) is 8.66. The summed E-state index contributed by atoms with van der Waals surface area (Å²) >= 11 is 4.02. The molecule has 0 fully saturated rings. The molecule has 0 amide bonds. The molecule has 0 atom stereocenters. The van der Waals surface area contributed by atoms with Gasteiger partial charge in [0.15, 0.2) is 6.19 Å². The molecule has 0 spiro atoms. The van der Waals surface area contributed by atoms with E-state index in [1.54, 1.807) is 6.19 Å². The van der Waals surface area contributed by atoms with Crippen molar-refractivity contribution in [1.82, 2.24) is 5.43 Å². The molecule has 0 radical (unpaired) electrons. The second-order valence-corrected chi connectivity index (χ2v) is 4.52. The maximum absolute atomic E-state index is 8.00. The Balaban J connectivity index is 3.73. The Hall–Kier alpha value is -0.340. The van der Waals surface area contributed by atoms with Gasteiger partial charge in [-0.1, -0.05) is 0 Å². The van der Waals surface area contributed by atoms with Crippen molar-refractivity contribution >= 4 is 27.9 Å². The zero-order valence-electron chi connectivity index (χ0n) is 5.29. The lowest BCUT2D eigenvalue weighted by Crippen LogP contribution is -1.98. The van der Waals surface area contributed by atoms with E-state index in [0.29, 0.717) is 4.38 Å². The fourth-order valence-corrected chi connectivity index (χ4v) is 0.475. The number of nitrogens with one attached hydrogen (secondary N) is 1. The van der Waals surface area contributed by atoms with E-state index in [1.165, 1.54) is 0 Å². The third-order valence-electron chi connectivity index (χ3n) is 0.606. The van der Waals surface area contributed by atoms with Crippen LogP contribution in [-0.2, 0) is 0 Å². The molecule has 0 aliphatic rings. The van der Waals surface area contributed by atoms with Crippen molar-refractivity contribution in [2.24, 2.45) is 5.10 Å². The van der Waals surface area contributed by atoms with Gasteiger partial charge in [0.1, 0.15) is 4.38 Å². The van der Waals surface area contributed by atoms with Crippen LogP contribution >= 0.6 is 23.5 Å². The molecule has 0 aromatic carbocycles. The molecule has 0 aromatic heterocycles. The molecular weight excluding hydrogens is 154 g/mol. The Morgan fingerprint density at radius 1 is 1.78 bits per heavy atom. The molecule has 52 valence electrons. The summed E-state index contributed by atoms with van der Waals surface area (Å²) in [5, 5.41) is 11.6. The normalized spacial score (nSPS) is 12.2. The van der Waals surface area contributed by atoms with Gasteiger partial charge in [-0.2, -0.15) is 10.4 Å². The third-order valence-corrected chi connectivity index (χ3v) is 2.81. The van der Waals surface area contributed by atoms with Gasteiger partial charge < -0.3 is 0 Å². The summed E-state index contributed by atoms with van der Waals surface area (Å²) in [5.74, 6) is 0. The zero-order valence-corrected chi connectivity index (χ0v) is 7.08. The minimum absolute atomic E-state index is 0.273. The molecule has 0 saturated heterocycles. The summed E-state index contributed by atoms with van der Waals surface area (Å²) in [6, 6.07) is 0. The smallest absolute Gasteiger partial charge is 0.198 e. The number of hydrogen-bond acceptors (Lipinski definition) is 3. The van der Waals surface area contributed by atoms with E-state index in [0.717, 1.165) is 0 Å². The Morgan fingerprint density at radius 3 is 2.67 bits per heavy atom. The Kier molecular flexibility index (Phi) is 4.36. The van der Waals surface area contributed by atoms with E-state index in [9.17, 15) is 0 Å². The van der Waals surface area contributed by atoms with Crippen LogP contribution in [0, 0.1) is 11.5 Å². The van der Waals surface area contributed by atoms with Gasteiger partial charge in [-0.15, -0.1) is 12.6 Å². The maximum Gasteiger partial charge on any atom is 0.198 e. The van der Waals surface area contributed by atoms with E-state index in [2.05, 4.69) is 23.2 Å². The van der Waals surface area contributed by atoms with Gasteiger partial charge in [0, 0.05) is 0 Å². The van der Waals surface area contributed by atoms with E-state index in [4.69, 9.17) is 5.26 Å². The Labute approximate surface area is 62.9 Å².